The van der Waals surface area contributed by atoms with Crippen molar-refractivity contribution < 1.29 is 9.84 Å². The monoisotopic (exact) mass is 380 g/mol. The number of aliphatic hydroxyl groups is 1. The van der Waals surface area contributed by atoms with Crippen LogP contribution in [0.1, 0.15) is 0 Å². The summed E-state index contributed by atoms with van der Waals surface area (Å²) in [6.45, 7) is 0.146. The van der Waals surface area contributed by atoms with E-state index in [0.717, 1.165) is 10.8 Å². The van der Waals surface area contributed by atoms with Crippen LogP contribution in [0.4, 0.5) is 0 Å². The molecule has 0 fully saturated rings. The molecular weight excluding hydrogens is 364 g/mol. The molecule has 1 aromatic heterocycles. The molecule has 0 spiro atoms. The van der Waals surface area contributed by atoms with Crippen LogP contribution in [0.5, 0.6) is 5.75 Å². The van der Waals surface area contributed by atoms with Crippen LogP contribution >= 0.6 is 11.6 Å². The van der Waals surface area contributed by atoms with E-state index in [1.54, 1.807) is 18.2 Å². The first kappa shape index (κ1) is 17.5. The van der Waals surface area contributed by atoms with Gasteiger partial charge in [0.05, 0.1) is 23.8 Å². The Morgan fingerprint density at radius 2 is 1.89 bits per heavy atom. The zero-order valence-electron chi connectivity index (χ0n) is 14.4. The topological polar surface area (TPSA) is 64.4 Å². The highest BCUT2D eigenvalue weighted by Gasteiger charge is 2.11. The molecule has 4 rings (SSSR count). The molecule has 4 aromatic rings. The van der Waals surface area contributed by atoms with Gasteiger partial charge in [0.25, 0.3) is 5.56 Å². The van der Waals surface area contributed by atoms with Crippen LogP contribution in [0.2, 0.25) is 5.02 Å². The minimum Gasteiger partial charge on any atom is -0.490 e. The van der Waals surface area contributed by atoms with Gasteiger partial charge in [-0.3, -0.25) is 9.36 Å². The summed E-state index contributed by atoms with van der Waals surface area (Å²) in [4.78, 5) is 16.8. The summed E-state index contributed by atoms with van der Waals surface area (Å²) in [5, 5.41) is 13.3. The Bertz CT molecular complexity index is 1170. The number of aliphatic hydroxyl groups excluding tert-OH is 1. The first-order valence-corrected chi connectivity index (χ1v) is 8.93. The number of nitrogens with zero attached hydrogens (tertiary/aromatic N) is 2. The largest absolute Gasteiger partial charge is 0.490 e. The molecule has 5 nitrogen and oxygen atoms in total. The molecule has 0 saturated carbocycles. The van der Waals surface area contributed by atoms with Crippen LogP contribution < -0.4 is 10.3 Å². The second kappa shape index (κ2) is 7.39. The van der Waals surface area contributed by atoms with Crippen LogP contribution in [-0.4, -0.2) is 27.4 Å². The Kier molecular flexibility index (Phi) is 4.79. The number of fused-ring (bicyclic) bond motifs is 2. The van der Waals surface area contributed by atoms with Crippen molar-refractivity contribution in [1.82, 2.24) is 9.55 Å². The van der Waals surface area contributed by atoms with Gasteiger partial charge >= 0.3 is 0 Å². The SMILES string of the molecule is O=c1c2cc(Cl)ccc2ncn1C[C@H](O)COc1cccc2ccccc12. The quantitative estimate of drug-likeness (QED) is 0.574. The van der Waals surface area contributed by atoms with Crippen LogP contribution in [-0.2, 0) is 6.54 Å². The molecule has 27 heavy (non-hydrogen) atoms. The summed E-state index contributed by atoms with van der Waals surface area (Å²) in [6.07, 6.45) is 0.569. The van der Waals surface area contributed by atoms with Gasteiger partial charge in [0.15, 0.2) is 0 Å². The van der Waals surface area contributed by atoms with Gasteiger partial charge in [-0.15, -0.1) is 0 Å². The first-order chi connectivity index (χ1) is 13.1. The molecule has 0 radical (unpaired) electrons. The lowest BCUT2D eigenvalue weighted by atomic mass is 10.1. The summed E-state index contributed by atoms with van der Waals surface area (Å²) in [5.41, 5.74) is 0.328. The van der Waals surface area contributed by atoms with Crippen molar-refractivity contribution in [3.63, 3.8) is 0 Å². The average Bonchev–Trinajstić information content (AvgIpc) is 2.69. The van der Waals surface area contributed by atoms with Gasteiger partial charge in [-0.2, -0.15) is 0 Å². The molecule has 0 aliphatic heterocycles. The molecule has 0 bridgehead atoms. The highest BCUT2D eigenvalue weighted by atomic mass is 35.5. The number of aromatic nitrogens is 2. The number of halogens is 1. The molecule has 6 heteroatoms. The second-order valence-corrected chi connectivity index (χ2v) is 6.74. The van der Waals surface area contributed by atoms with Crippen molar-refractivity contribution in [2.75, 3.05) is 6.61 Å². The van der Waals surface area contributed by atoms with Gasteiger partial charge in [-0.05, 0) is 29.7 Å². The van der Waals surface area contributed by atoms with E-state index in [2.05, 4.69) is 4.98 Å². The van der Waals surface area contributed by atoms with Crippen molar-refractivity contribution in [1.29, 1.82) is 0 Å². The van der Waals surface area contributed by atoms with Crippen LogP contribution in [0.15, 0.2) is 71.8 Å². The van der Waals surface area contributed by atoms with E-state index in [-0.39, 0.29) is 18.7 Å². The summed E-state index contributed by atoms with van der Waals surface area (Å²) < 4.78 is 7.16. The number of hydrogen-bond donors (Lipinski definition) is 1. The molecule has 136 valence electrons. The minimum atomic E-state index is -0.861. The fourth-order valence-electron chi connectivity index (χ4n) is 3.05. The van der Waals surface area contributed by atoms with E-state index < -0.39 is 6.10 Å². The van der Waals surface area contributed by atoms with E-state index in [4.69, 9.17) is 16.3 Å². The van der Waals surface area contributed by atoms with Crippen molar-refractivity contribution >= 4 is 33.3 Å². The minimum absolute atomic E-state index is 0.0635. The zero-order valence-corrected chi connectivity index (χ0v) is 15.1. The van der Waals surface area contributed by atoms with Gasteiger partial charge < -0.3 is 9.84 Å². The third-order valence-electron chi connectivity index (χ3n) is 4.37. The van der Waals surface area contributed by atoms with Crippen molar-refractivity contribution in [2.45, 2.75) is 12.6 Å². The van der Waals surface area contributed by atoms with Crippen molar-refractivity contribution in [3.05, 3.63) is 82.4 Å². The average molecular weight is 381 g/mol. The van der Waals surface area contributed by atoms with Gasteiger partial charge in [0, 0.05) is 10.4 Å². The lowest BCUT2D eigenvalue weighted by molar-refractivity contribution is 0.0922. The van der Waals surface area contributed by atoms with E-state index in [9.17, 15) is 9.90 Å². The van der Waals surface area contributed by atoms with Crippen LogP contribution in [0.3, 0.4) is 0 Å². The number of ether oxygens (including phenoxy) is 1. The van der Waals surface area contributed by atoms with E-state index in [1.165, 1.54) is 10.9 Å². The highest BCUT2D eigenvalue weighted by molar-refractivity contribution is 6.31. The van der Waals surface area contributed by atoms with Crippen molar-refractivity contribution in [2.24, 2.45) is 0 Å². The third kappa shape index (κ3) is 3.65. The lowest BCUT2D eigenvalue weighted by Crippen LogP contribution is -2.30. The van der Waals surface area contributed by atoms with E-state index in [0.29, 0.717) is 21.7 Å². The summed E-state index contributed by atoms with van der Waals surface area (Å²) in [5.74, 6) is 0.697. The fourth-order valence-corrected chi connectivity index (χ4v) is 3.22. The standard InChI is InChI=1S/C21H17ClN2O3/c22-15-8-9-19-18(10-15)21(26)24(13-23-19)11-16(25)12-27-20-7-3-5-14-4-1-2-6-17(14)20/h1-10,13,16,25H,11-12H2/t16-/m0/s1. The van der Waals surface area contributed by atoms with Gasteiger partial charge in [0.2, 0.25) is 0 Å². The molecule has 0 aliphatic rings. The van der Waals surface area contributed by atoms with Crippen LogP contribution in [0, 0.1) is 0 Å². The van der Waals surface area contributed by atoms with Crippen molar-refractivity contribution in [3.8, 4) is 5.75 Å². The molecule has 0 unspecified atom stereocenters. The highest BCUT2D eigenvalue weighted by Crippen LogP contribution is 2.25. The van der Waals surface area contributed by atoms with Gasteiger partial charge in [0.1, 0.15) is 18.5 Å². The Hall–Kier alpha value is -2.89. The van der Waals surface area contributed by atoms with Gasteiger partial charge in [-0.1, -0.05) is 48.0 Å². The van der Waals surface area contributed by atoms with Crippen LogP contribution in [0.25, 0.3) is 21.7 Å². The lowest BCUT2D eigenvalue weighted by Gasteiger charge is -2.15. The number of rotatable bonds is 5. The zero-order chi connectivity index (χ0) is 18.8. The molecule has 3 aromatic carbocycles. The Labute approximate surface area is 160 Å². The Morgan fingerprint density at radius 1 is 1.07 bits per heavy atom. The summed E-state index contributed by atoms with van der Waals surface area (Å²) in [6, 6.07) is 18.6. The second-order valence-electron chi connectivity index (χ2n) is 6.31. The predicted molar refractivity (Wildman–Crippen MR) is 106 cm³/mol. The number of hydrogen-bond acceptors (Lipinski definition) is 4. The molecule has 0 saturated heterocycles. The molecule has 1 heterocycles. The van der Waals surface area contributed by atoms with E-state index in [1.807, 2.05) is 42.5 Å². The maximum absolute atomic E-state index is 12.6. The summed E-state index contributed by atoms with van der Waals surface area (Å²) >= 11 is 5.97. The molecular formula is C21H17ClN2O3. The smallest absolute Gasteiger partial charge is 0.261 e. The Balaban J connectivity index is 1.51. The fraction of sp³-hybridized carbons (Fsp3) is 0.143. The normalized spacial score (nSPS) is 12.4. The predicted octanol–water partition coefficient (Wildman–Crippen LogP) is 3.64. The maximum Gasteiger partial charge on any atom is 0.261 e. The van der Waals surface area contributed by atoms with Gasteiger partial charge in [-0.25, -0.2) is 4.98 Å². The first-order valence-electron chi connectivity index (χ1n) is 8.55. The molecule has 0 amide bonds. The third-order valence-corrected chi connectivity index (χ3v) is 4.61. The molecule has 1 N–H and O–H groups in total. The molecule has 0 aliphatic carbocycles. The Morgan fingerprint density at radius 3 is 2.78 bits per heavy atom. The van der Waals surface area contributed by atoms with E-state index >= 15 is 0 Å². The molecule has 1 atom stereocenters. The summed E-state index contributed by atoms with van der Waals surface area (Å²) in [7, 11) is 0. The maximum atomic E-state index is 12.6. The number of benzene rings is 3.